The molecule has 0 spiro atoms. The summed E-state index contributed by atoms with van der Waals surface area (Å²) in [5.74, 6) is 0.707. The van der Waals surface area contributed by atoms with Crippen LogP contribution in [0.3, 0.4) is 0 Å². The maximum absolute atomic E-state index is 13.1. The molecule has 0 bridgehead atoms. The Morgan fingerprint density at radius 3 is 2.34 bits per heavy atom. The van der Waals surface area contributed by atoms with E-state index >= 15 is 0 Å². The van der Waals surface area contributed by atoms with Gasteiger partial charge in [0.05, 0.1) is 27.8 Å². The average Bonchev–Trinajstić information content (AvgIpc) is 2.68. The van der Waals surface area contributed by atoms with Gasteiger partial charge >= 0.3 is 6.18 Å². The summed E-state index contributed by atoms with van der Waals surface area (Å²) in [6.07, 6.45) is -4.73. The van der Waals surface area contributed by atoms with E-state index in [1.807, 2.05) is 36.1 Å². The second kappa shape index (κ2) is 8.41. The van der Waals surface area contributed by atoms with Gasteiger partial charge < -0.3 is 9.64 Å². The van der Waals surface area contributed by atoms with E-state index in [4.69, 9.17) is 16.3 Å². The molecule has 0 unspecified atom stereocenters. The van der Waals surface area contributed by atoms with Gasteiger partial charge in [0.1, 0.15) is 5.75 Å². The molecule has 5 nitrogen and oxygen atoms in total. The van der Waals surface area contributed by atoms with Crippen LogP contribution in [0.5, 0.6) is 5.75 Å². The fourth-order valence-electron chi connectivity index (χ4n) is 3.20. The number of para-hydroxylation sites is 2. The third kappa shape index (κ3) is 4.62. The molecule has 3 rings (SSSR count). The fourth-order valence-corrected chi connectivity index (χ4v) is 4.87. The highest BCUT2D eigenvalue weighted by molar-refractivity contribution is 7.89. The van der Waals surface area contributed by atoms with Crippen molar-refractivity contribution in [1.82, 2.24) is 4.31 Å². The second-order valence-corrected chi connectivity index (χ2v) is 8.78. The van der Waals surface area contributed by atoms with E-state index in [1.165, 1.54) is 4.31 Å². The number of anilines is 1. The molecule has 29 heavy (non-hydrogen) atoms. The van der Waals surface area contributed by atoms with Gasteiger partial charge in [-0.1, -0.05) is 23.7 Å². The van der Waals surface area contributed by atoms with Gasteiger partial charge in [-0.25, -0.2) is 8.42 Å². The summed E-state index contributed by atoms with van der Waals surface area (Å²) in [5.41, 5.74) is -0.304. The molecule has 10 heteroatoms. The van der Waals surface area contributed by atoms with Gasteiger partial charge in [0.2, 0.25) is 10.0 Å². The highest BCUT2D eigenvalue weighted by Gasteiger charge is 2.36. The number of hydrogen-bond acceptors (Lipinski definition) is 4. The molecule has 158 valence electrons. The molecule has 0 N–H and O–H groups in total. The van der Waals surface area contributed by atoms with E-state index in [2.05, 4.69) is 0 Å². The molecule has 0 radical (unpaired) electrons. The summed E-state index contributed by atoms with van der Waals surface area (Å²) in [4.78, 5) is 1.58. The number of halogens is 4. The molecule has 1 saturated heterocycles. The van der Waals surface area contributed by atoms with Gasteiger partial charge in [-0.05, 0) is 37.3 Å². The van der Waals surface area contributed by atoms with Crippen LogP contribution in [-0.2, 0) is 16.2 Å². The third-order valence-electron chi connectivity index (χ3n) is 4.63. The lowest BCUT2D eigenvalue weighted by Gasteiger charge is -2.36. The first kappa shape index (κ1) is 21.7. The van der Waals surface area contributed by atoms with E-state index < -0.39 is 31.7 Å². The summed E-state index contributed by atoms with van der Waals surface area (Å²) < 4.78 is 71.8. The van der Waals surface area contributed by atoms with E-state index in [0.29, 0.717) is 31.5 Å². The zero-order chi connectivity index (χ0) is 21.2. The van der Waals surface area contributed by atoms with Crippen LogP contribution in [0.25, 0.3) is 0 Å². The lowest BCUT2D eigenvalue weighted by Crippen LogP contribution is -2.48. The van der Waals surface area contributed by atoms with E-state index in [1.54, 1.807) is 0 Å². The van der Waals surface area contributed by atoms with Gasteiger partial charge in [-0.3, -0.25) is 0 Å². The highest BCUT2D eigenvalue weighted by atomic mass is 35.5. The summed E-state index contributed by atoms with van der Waals surface area (Å²) in [5, 5.41) is -0.534. The van der Waals surface area contributed by atoms with Crippen molar-refractivity contribution >= 4 is 27.3 Å². The van der Waals surface area contributed by atoms with Crippen molar-refractivity contribution in [3.05, 3.63) is 53.1 Å². The number of rotatable bonds is 5. The molecular weight excluding hydrogens is 429 g/mol. The molecule has 2 aromatic carbocycles. The van der Waals surface area contributed by atoms with E-state index in [0.717, 1.165) is 17.8 Å². The molecule has 0 saturated carbocycles. The zero-order valence-corrected chi connectivity index (χ0v) is 17.2. The van der Waals surface area contributed by atoms with E-state index in [-0.39, 0.29) is 13.1 Å². The first-order chi connectivity index (χ1) is 13.6. The second-order valence-electron chi connectivity index (χ2n) is 6.43. The molecule has 1 aliphatic heterocycles. The minimum atomic E-state index is -4.73. The van der Waals surface area contributed by atoms with Crippen molar-refractivity contribution in [2.75, 3.05) is 37.7 Å². The van der Waals surface area contributed by atoms with Crippen LogP contribution < -0.4 is 9.64 Å². The summed E-state index contributed by atoms with van der Waals surface area (Å²) in [6, 6.07) is 10.1. The van der Waals surface area contributed by atoms with Crippen LogP contribution in [-0.4, -0.2) is 45.5 Å². The van der Waals surface area contributed by atoms with Gasteiger partial charge in [0.25, 0.3) is 0 Å². The van der Waals surface area contributed by atoms with Crippen LogP contribution >= 0.6 is 11.6 Å². The van der Waals surface area contributed by atoms with E-state index in [9.17, 15) is 21.6 Å². The molecule has 0 aromatic heterocycles. The number of piperazine rings is 1. The number of sulfonamides is 1. The van der Waals surface area contributed by atoms with Gasteiger partial charge in [0.15, 0.2) is 0 Å². The van der Waals surface area contributed by atoms with Crippen molar-refractivity contribution in [1.29, 1.82) is 0 Å². The van der Waals surface area contributed by atoms with Gasteiger partial charge in [-0.2, -0.15) is 17.5 Å². The Morgan fingerprint density at radius 2 is 1.72 bits per heavy atom. The minimum absolute atomic E-state index is 0.146. The predicted octanol–water partition coefficient (Wildman–Crippen LogP) is 4.27. The number of benzene rings is 2. The number of hydrogen-bond donors (Lipinski definition) is 0. The maximum atomic E-state index is 13.1. The van der Waals surface area contributed by atoms with Crippen LogP contribution in [0, 0.1) is 0 Å². The zero-order valence-electron chi connectivity index (χ0n) is 15.6. The lowest BCUT2D eigenvalue weighted by molar-refractivity contribution is -0.137. The molecule has 2 aromatic rings. The molecular formula is C19H20ClF3N2O3S. The quantitative estimate of drug-likeness (QED) is 0.685. The lowest BCUT2D eigenvalue weighted by atomic mass is 10.2. The number of alkyl halides is 3. The number of nitrogens with zero attached hydrogens (tertiary/aromatic N) is 2. The monoisotopic (exact) mass is 448 g/mol. The standard InChI is InChI=1S/C19H20ClF3N2O3S/c1-2-28-18-6-4-3-5-17(18)24-9-11-25(12-10-24)29(26,27)14-7-8-16(20)15(13-14)19(21,22)23/h3-8,13H,2,9-12H2,1H3. The van der Waals surface area contributed by atoms with Crippen LogP contribution in [0.15, 0.2) is 47.4 Å². The normalized spacial score (nSPS) is 16.1. The van der Waals surface area contributed by atoms with Crippen LogP contribution in [0.4, 0.5) is 18.9 Å². The SMILES string of the molecule is CCOc1ccccc1N1CCN(S(=O)(=O)c2ccc(Cl)c(C(F)(F)F)c2)CC1. The Hall–Kier alpha value is -1.97. The predicted molar refractivity (Wildman–Crippen MR) is 105 cm³/mol. The first-order valence-corrected chi connectivity index (χ1v) is 10.8. The number of ether oxygens (including phenoxy) is 1. The molecule has 1 aliphatic rings. The first-order valence-electron chi connectivity index (χ1n) is 8.98. The van der Waals surface area contributed by atoms with Crippen molar-refractivity contribution in [2.24, 2.45) is 0 Å². The Bertz CT molecular complexity index is 975. The Morgan fingerprint density at radius 1 is 1.07 bits per heavy atom. The largest absolute Gasteiger partial charge is 0.492 e. The Kier molecular flexibility index (Phi) is 6.30. The average molecular weight is 449 g/mol. The summed E-state index contributed by atoms with van der Waals surface area (Å²) >= 11 is 5.60. The maximum Gasteiger partial charge on any atom is 0.417 e. The van der Waals surface area contributed by atoms with Gasteiger partial charge in [-0.15, -0.1) is 0 Å². The van der Waals surface area contributed by atoms with Crippen LogP contribution in [0.1, 0.15) is 12.5 Å². The molecule has 1 heterocycles. The van der Waals surface area contributed by atoms with Crippen molar-refractivity contribution in [3.8, 4) is 5.75 Å². The molecule has 0 atom stereocenters. The Labute approximate surface area is 172 Å². The van der Waals surface area contributed by atoms with Crippen LogP contribution in [0.2, 0.25) is 5.02 Å². The third-order valence-corrected chi connectivity index (χ3v) is 6.85. The smallest absolute Gasteiger partial charge is 0.417 e. The van der Waals surface area contributed by atoms with Crippen molar-refractivity contribution in [2.45, 2.75) is 18.0 Å². The van der Waals surface area contributed by atoms with Crippen molar-refractivity contribution in [3.63, 3.8) is 0 Å². The van der Waals surface area contributed by atoms with Gasteiger partial charge in [0, 0.05) is 26.2 Å². The molecule has 0 aliphatic carbocycles. The Balaban J connectivity index is 1.79. The molecule has 0 amide bonds. The van der Waals surface area contributed by atoms with Crippen molar-refractivity contribution < 1.29 is 26.3 Å². The molecule has 1 fully saturated rings. The minimum Gasteiger partial charge on any atom is -0.492 e. The summed E-state index contributed by atoms with van der Waals surface area (Å²) in [6.45, 7) is 3.46. The highest BCUT2D eigenvalue weighted by Crippen LogP contribution is 2.36. The summed E-state index contributed by atoms with van der Waals surface area (Å²) in [7, 11) is -4.07. The topological polar surface area (TPSA) is 49.9 Å². The fraction of sp³-hybridized carbons (Fsp3) is 0.368.